The summed E-state index contributed by atoms with van der Waals surface area (Å²) in [6, 6.07) is 0. The Balaban J connectivity index is 2.18. The van der Waals surface area contributed by atoms with Crippen LogP contribution in [0, 0.1) is 0 Å². The maximum absolute atomic E-state index is 11.5. The highest BCUT2D eigenvalue weighted by Crippen LogP contribution is 2.20. The minimum absolute atomic E-state index is 0.141. The number of esters is 1. The first-order valence-electron chi connectivity index (χ1n) is 7.32. The molecule has 0 unspecified atom stereocenters. The molecule has 1 fully saturated rings. The van der Waals surface area contributed by atoms with Crippen molar-refractivity contribution in [3.8, 4) is 0 Å². The summed E-state index contributed by atoms with van der Waals surface area (Å²) in [5.74, 6) is -2.16. The minimum atomic E-state index is -1.40. The smallest absolute Gasteiger partial charge is 0.366 e. The first kappa shape index (κ1) is 17.9. The third-order valence-corrected chi connectivity index (χ3v) is 3.24. The molecule has 0 aromatic carbocycles. The van der Waals surface area contributed by atoms with Crippen molar-refractivity contribution in [2.24, 2.45) is 0 Å². The maximum Gasteiger partial charge on any atom is 0.366 e. The number of hydrogen-bond acceptors (Lipinski definition) is 6. The molecule has 0 atom stereocenters. The summed E-state index contributed by atoms with van der Waals surface area (Å²) in [6.45, 7) is 3.89. The second-order valence-electron chi connectivity index (χ2n) is 5.14. The van der Waals surface area contributed by atoms with Crippen molar-refractivity contribution in [3.05, 3.63) is 0 Å². The highest BCUT2D eigenvalue weighted by atomic mass is 16.8. The zero-order valence-electron chi connectivity index (χ0n) is 13.0. The van der Waals surface area contributed by atoms with Crippen LogP contribution in [0.1, 0.15) is 46.0 Å². The summed E-state index contributed by atoms with van der Waals surface area (Å²) in [4.78, 5) is 28.2. The number of amides is 1. The quantitative estimate of drug-likeness (QED) is 0.413. The first-order chi connectivity index (χ1) is 10.0. The molecule has 0 spiro atoms. The normalized spacial score (nSPS) is 25.4. The number of hydroxylamine groups is 1. The first-order valence-corrected chi connectivity index (χ1v) is 7.32. The van der Waals surface area contributed by atoms with Crippen molar-refractivity contribution < 1.29 is 28.6 Å². The molecule has 0 bridgehead atoms. The molecule has 1 rings (SSSR count). The third-order valence-electron chi connectivity index (χ3n) is 3.24. The molecule has 7 nitrogen and oxygen atoms in total. The fourth-order valence-corrected chi connectivity index (χ4v) is 1.88. The summed E-state index contributed by atoms with van der Waals surface area (Å²) in [6.07, 6.45) is 4.15. The molecule has 0 aromatic rings. The van der Waals surface area contributed by atoms with E-state index in [1.54, 1.807) is 0 Å². The number of nitrogens with one attached hydrogen (secondary N) is 1. The van der Waals surface area contributed by atoms with Crippen molar-refractivity contribution in [3.63, 3.8) is 0 Å². The van der Waals surface area contributed by atoms with Gasteiger partial charge in [-0.1, -0.05) is 26.2 Å². The molecule has 0 aromatic heterocycles. The number of carbonyl (C=O) groups is 2. The Kier molecular flexibility index (Phi) is 7.63. The van der Waals surface area contributed by atoms with Gasteiger partial charge in [-0.2, -0.15) is 0 Å². The number of hydrogen-bond donors (Lipinski definition) is 1. The molecule has 0 aliphatic carbocycles. The van der Waals surface area contributed by atoms with Gasteiger partial charge in [-0.15, -0.1) is 0 Å². The minimum Gasteiger partial charge on any atom is -0.465 e. The number of ether oxygens (including phenoxy) is 3. The second kappa shape index (κ2) is 8.96. The Hall–Kier alpha value is -1.18. The molecule has 122 valence electrons. The molecule has 1 heterocycles. The van der Waals surface area contributed by atoms with Crippen LogP contribution in [0.4, 0.5) is 0 Å². The molecular formula is C14H25NO6. The SMILES string of the molecule is CCCCCCC(=O)NOC1COC(C)(C(=O)OC)OC1. The van der Waals surface area contributed by atoms with E-state index in [4.69, 9.17) is 14.3 Å². The van der Waals surface area contributed by atoms with Gasteiger partial charge in [0.2, 0.25) is 5.91 Å². The van der Waals surface area contributed by atoms with Crippen molar-refractivity contribution in [1.82, 2.24) is 5.48 Å². The lowest BCUT2D eigenvalue weighted by Gasteiger charge is -2.34. The lowest BCUT2D eigenvalue weighted by atomic mass is 10.1. The average Bonchev–Trinajstić information content (AvgIpc) is 2.50. The summed E-state index contributed by atoms with van der Waals surface area (Å²) in [5, 5.41) is 0. The van der Waals surface area contributed by atoms with Gasteiger partial charge >= 0.3 is 5.97 Å². The number of unbranched alkanes of at least 4 members (excludes halogenated alkanes) is 3. The van der Waals surface area contributed by atoms with Crippen molar-refractivity contribution in [2.45, 2.75) is 57.8 Å². The van der Waals surface area contributed by atoms with Crippen LogP contribution in [0.5, 0.6) is 0 Å². The van der Waals surface area contributed by atoms with E-state index in [-0.39, 0.29) is 19.1 Å². The second-order valence-corrected chi connectivity index (χ2v) is 5.14. The van der Waals surface area contributed by atoms with Gasteiger partial charge in [-0.3, -0.25) is 9.63 Å². The third kappa shape index (κ3) is 5.99. The van der Waals surface area contributed by atoms with Gasteiger partial charge in [0.05, 0.1) is 20.3 Å². The van der Waals surface area contributed by atoms with Crippen LogP contribution < -0.4 is 5.48 Å². The fourth-order valence-electron chi connectivity index (χ4n) is 1.88. The van der Waals surface area contributed by atoms with Gasteiger partial charge in [0.15, 0.2) is 0 Å². The van der Waals surface area contributed by atoms with Gasteiger partial charge in [0.25, 0.3) is 5.79 Å². The summed E-state index contributed by atoms with van der Waals surface area (Å²) < 4.78 is 15.2. The van der Waals surface area contributed by atoms with Gasteiger partial charge in [-0.05, 0) is 6.42 Å². The Morgan fingerprint density at radius 1 is 1.24 bits per heavy atom. The lowest BCUT2D eigenvalue weighted by molar-refractivity contribution is -0.290. The molecule has 1 aliphatic rings. The van der Waals surface area contributed by atoms with E-state index in [0.29, 0.717) is 6.42 Å². The molecular weight excluding hydrogens is 278 g/mol. The van der Waals surface area contributed by atoms with E-state index in [2.05, 4.69) is 17.1 Å². The summed E-state index contributed by atoms with van der Waals surface area (Å²) in [5.41, 5.74) is 2.38. The summed E-state index contributed by atoms with van der Waals surface area (Å²) in [7, 11) is 1.27. The molecule has 21 heavy (non-hydrogen) atoms. The molecule has 0 radical (unpaired) electrons. The van der Waals surface area contributed by atoms with E-state index in [9.17, 15) is 9.59 Å². The van der Waals surface area contributed by atoms with Gasteiger partial charge in [-0.25, -0.2) is 10.3 Å². The molecule has 1 amide bonds. The van der Waals surface area contributed by atoms with Crippen LogP contribution in [-0.2, 0) is 28.6 Å². The Morgan fingerprint density at radius 2 is 1.90 bits per heavy atom. The van der Waals surface area contributed by atoms with Crippen LogP contribution in [0.2, 0.25) is 0 Å². The van der Waals surface area contributed by atoms with E-state index in [1.807, 2.05) is 0 Å². The Bertz CT molecular complexity index is 338. The molecule has 1 N–H and O–H groups in total. The van der Waals surface area contributed by atoms with Gasteiger partial charge in [0, 0.05) is 13.3 Å². The zero-order valence-corrected chi connectivity index (χ0v) is 13.0. The van der Waals surface area contributed by atoms with E-state index in [1.165, 1.54) is 14.0 Å². The zero-order chi connectivity index (χ0) is 15.7. The highest BCUT2D eigenvalue weighted by Gasteiger charge is 2.42. The van der Waals surface area contributed by atoms with E-state index < -0.39 is 17.9 Å². The van der Waals surface area contributed by atoms with Crippen molar-refractivity contribution in [1.29, 1.82) is 0 Å². The number of carbonyl (C=O) groups excluding carboxylic acids is 2. The fraction of sp³-hybridized carbons (Fsp3) is 0.857. The number of methoxy groups -OCH3 is 1. The monoisotopic (exact) mass is 303 g/mol. The van der Waals surface area contributed by atoms with Crippen LogP contribution in [-0.4, -0.2) is 44.1 Å². The van der Waals surface area contributed by atoms with Crippen LogP contribution in [0.25, 0.3) is 0 Å². The number of rotatable bonds is 8. The molecule has 0 saturated carbocycles. The predicted molar refractivity (Wildman–Crippen MR) is 74.1 cm³/mol. The topological polar surface area (TPSA) is 83.1 Å². The largest absolute Gasteiger partial charge is 0.465 e. The lowest BCUT2D eigenvalue weighted by Crippen LogP contribution is -2.52. The predicted octanol–water partition coefficient (Wildman–Crippen LogP) is 1.31. The van der Waals surface area contributed by atoms with E-state index in [0.717, 1.165) is 25.7 Å². The highest BCUT2D eigenvalue weighted by molar-refractivity contribution is 5.77. The van der Waals surface area contributed by atoms with Gasteiger partial charge < -0.3 is 14.2 Å². The molecule has 7 heteroatoms. The van der Waals surface area contributed by atoms with Crippen molar-refractivity contribution in [2.75, 3.05) is 20.3 Å². The van der Waals surface area contributed by atoms with Crippen LogP contribution >= 0.6 is 0 Å². The molecule has 1 saturated heterocycles. The Labute approximate surface area is 125 Å². The van der Waals surface area contributed by atoms with Gasteiger partial charge in [0.1, 0.15) is 6.10 Å². The standard InChI is InChI=1S/C14H25NO6/c1-4-5-6-7-8-12(16)15-21-11-9-19-14(2,20-10-11)13(17)18-3/h11H,4-10H2,1-3H3,(H,15,16). The summed E-state index contributed by atoms with van der Waals surface area (Å²) >= 11 is 0. The van der Waals surface area contributed by atoms with Crippen molar-refractivity contribution >= 4 is 11.9 Å². The van der Waals surface area contributed by atoms with Crippen LogP contribution in [0.3, 0.4) is 0 Å². The Morgan fingerprint density at radius 3 is 2.48 bits per heavy atom. The maximum atomic E-state index is 11.5. The molecule has 1 aliphatic heterocycles. The van der Waals surface area contributed by atoms with Crippen LogP contribution in [0.15, 0.2) is 0 Å². The average molecular weight is 303 g/mol. The van der Waals surface area contributed by atoms with E-state index >= 15 is 0 Å².